The number of amides is 1. The molecule has 0 unspecified atom stereocenters. The molecule has 0 fully saturated rings. The molecule has 0 aliphatic carbocycles. The van der Waals surface area contributed by atoms with Crippen LogP contribution in [0.4, 0.5) is 4.39 Å². The Morgan fingerprint density at radius 2 is 1.68 bits per heavy atom. The van der Waals surface area contributed by atoms with Crippen LogP contribution in [0.15, 0.2) is 53.5 Å². The van der Waals surface area contributed by atoms with Crippen LogP contribution in [0.1, 0.15) is 56.1 Å². The standard InChI is InChI=1S/C24H33FN4O.HI/c1-23(2,3)29-21(30)18-10-7-9-17(13-18)15-27-22(26-6)28-16-24(4,5)19-11-8-12-20(25)14-19;/h7-14H,15-16H2,1-6H3,(H,29,30)(H2,26,27,28);1H. The molecule has 0 spiro atoms. The first kappa shape index (κ1) is 26.9. The number of carbonyl (C=O) groups is 1. The van der Waals surface area contributed by atoms with Gasteiger partial charge in [-0.05, 0) is 56.2 Å². The van der Waals surface area contributed by atoms with Gasteiger partial charge in [0.05, 0.1) is 0 Å². The Hall–Kier alpha value is -2.16. The van der Waals surface area contributed by atoms with Crippen molar-refractivity contribution in [3.63, 3.8) is 0 Å². The van der Waals surface area contributed by atoms with E-state index in [0.717, 1.165) is 11.1 Å². The molecule has 2 rings (SSSR count). The molecule has 0 aromatic heterocycles. The summed E-state index contributed by atoms with van der Waals surface area (Å²) in [5, 5.41) is 9.55. The maximum absolute atomic E-state index is 13.6. The summed E-state index contributed by atoms with van der Waals surface area (Å²) in [4.78, 5) is 16.6. The fourth-order valence-corrected chi connectivity index (χ4v) is 2.96. The van der Waals surface area contributed by atoms with E-state index in [-0.39, 0.29) is 46.7 Å². The van der Waals surface area contributed by atoms with E-state index in [1.54, 1.807) is 25.2 Å². The number of rotatable bonds is 6. The molecule has 3 N–H and O–H groups in total. The molecular formula is C24H34FIN4O. The normalized spacial score (nSPS) is 12.0. The topological polar surface area (TPSA) is 65.5 Å². The Morgan fingerprint density at radius 3 is 2.29 bits per heavy atom. The van der Waals surface area contributed by atoms with E-state index < -0.39 is 0 Å². The molecule has 0 aliphatic heterocycles. The average Bonchev–Trinajstić information content (AvgIpc) is 2.67. The molecule has 2 aromatic carbocycles. The molecule has 0 radical (unpaired) electrons. The summed E-state index contributed by atoms with van der Waals surface area (Å²) in [5.41, 5.74) is 1.96. The zero-order valence-corrected chi connectivity index (χ0v) is 21.5. The predicted octanol–water partition coefficient (Wildman–Crippen LogP) is 4.61. The summed E-state index contributed by atoms with van der Waals surface area (Å²) in [7, 11) is 1.71. The number of aliphatic imine (C=N–C) groups is 1. The smallest absolute Gasteiger partial charge is 0.251 e. The van der Waals surface area contributed by atoms with Crippen molar-refractivity contribution in [2.45, 2.75) is 52.1 Å². The van der Waals surface area contributed by atoms with Crippen LogP contribution in [0.2, 0.25) is 0 Å². The number of hydrogen-bond donors (Lipinski definition) is 3. The van der Waals surface area contributed by atoms with Gasteiger partial charge in [0.2, 0.25) is 0 Å². The number of carbonyl (C=O) groups excluding carboxylic acids is 1. The first-order valence-corrected chi connectivity index (χ1v) is 10.1. The molecule has 7 heteroatoms. The fourth-order valence-electron chi connectivity index (χ4n) is 2.96. The van der Waals surface area contributed by atoms with Crippen LogP contribution in [-0.2, 0) is 12.0 Å². The molecule has 5 nitrogen and oxygen atoms in total. The van der Waals surface area contributed by atoms with E-state index in [2.05, 4.69) is 34.8 Å². The lowest BCUT2D eigenvalue weighted by Crippen LogP contribution is -2.43. The van der Waals surface area contributed by atoms with Crippen molar-refractivity contribution in [1.29, 1.82) is 0 Å². The minimum atomic E-state index is -0.286. The van der Waals surface area contributed by atoms with Crippen LogP contribution in [0.25, 0.3) is 0 Å². The second-order valence-electron chi connectivity index (χ2n) is 9.08. The number of nitrogens with one attached hydrogen (secondary N) is 3. The lowest BCUT2D eigenvalue weighted by Gasteiger charge is -2.27. The number of hydrogen-bond acceptors (Lipinski definition) is 2. The largest absolute Gasteiger partial charge is 0.356 e. The third kappa shape index (κ3) is 8.85. The van der Waals surface area contributed by atoms with Gasteiger partial charge in [-0.1, -0.05) is 38.1 Å². The van der Waals surface area contributed by atoms with Crippen molar-refractivity contribution < 1.29 is 9.18 Å². The number of nitrogens with zero attached hydrogens (tertiary/aromatic N) is 1. The number of benzene rings is 2. The van der Waals surface area contributed by atoms with E-state index in [9.17, 15) is 9.18 Å². The second kappa shape index (κ2) is 11.5. The van der Waals surface area contributed by atoms with Crippen LogP contribution in [0, 0.1) is 5.82 Å². The van der Waals surface area contributed by atoms with Crippen LogP contribution in [-0.4, -0.2) is 31.0 Å². The van der Waals surface area contributed by atoms with Gasteiger partial charge >= 0.3 is 0 Å². The molecule has 0 atom stereocenters. The third-order valence-electron chi connectivity index (χ3n) is 4.67. The molecule has 0 heterocycles. The highest BCUT2D eigenvalue weighted by Gasteiger charge is 2.21. The van der Waals surface area contributed by atoms with Crippen LogP contribution >= 0.6 is 24.0 Å². The lowest BCUT2D eigenvalue weighted by molar-refractivity contribution is 0.0919. The van der Waals surface area contributed by atoms with E-state index >= 15 is 0 Å². The van der Waals surface area contributed by atoms with Crippen molar-refractivity contribution >= 4 is 35.8 Å². The highest BCUT2D eigenvalue weighted by Crippen LogP contribution is 2.22. The van der Waals surface area contributed by atoms with Gasteiger partial charge in [-0.15, -0.1) is 24.0 Å². The number of guanidine groups is 1. The average molecular weight is 540 g/mol. The maximum Gasteiger partial charge on any atom is 0.251 e. The third-order valence-corrected chi connectivity index (χ3v) is 4.67. The van der Waals surface area contributed by atoms with Gasteiger partial charge in [-0.2, -0.15) is 0 Å². The van der Waals surface area contributed by atoms with Crippen molar-refractivity contribution in [3.05, 3.63) is 71.0 Å². The molecule has 1 amide bonds. The summed E-state index contributed by atoms with van der Waals surface area (Å²) in [6, 6.07) is 14.2. The SMILES string of the molecule is CN=C(NCc1cccc(C(=O)NC(C)(C)C)c1)NCC(C)(C)c1cccc(F)c1.I. The minimum Gasteiger partial charge on any atom is -0.356 e. The summed E-state index contributed by atoms with van der Waals surface area (Å²) >= 11 is 0. The van der Waals surface area contributed by atoms with E-state index in [0.29, 0.717) is 24.6 Å². The van der Waals surface area contributed by atoms with Gasteiger partial charge in [0.1, 0.15) is 5.82 Å². The summed E-state index contributed by atoms with van der Waals surface area (Å²) < 4.78 is 13.6. The fraction of sp³-hybridized carbons (Fsp3) is 0.417. The molecule has 0 saturated carbocycles. The maximum atomic E-state index is 13.6. The van der Waals surface area contributed by atoms with Crippen molar-refractivity contribution in [3.8, 4) is 0 Å². The Bertz CT molecular complexity index is 906. The summed E-state index contributed by atoms with van der Waals surface area (Å²) in [6.07, 6.45) is 0. The molecule has 0 saturated heterocycles. The molecule has 31 heavy (non-hydrogen) atoms. The van der Waals surface area contributed by atoms with Crippen molar-refractivity contribution in [1.82, 2.24) is 16.0 Å². The minimum absolute atomic E-state index is 0. The number of halogens is 2. The molecule has 2 aromatic rings. The lowest BCUT2D eigenvalue weighted by atomic mass is 9.84. The van der Waals surface area contributed by atoms with Gasteiger partial charge < -0.3 is 16.0 Å². The van der Waals surface area contributed by atoms with Crippen molar-refractivity contribution in [2.75, 3.05) is 13.6 Å². The van der Waals surface area contributed by atoms with E-state index in [1.165, 1.54) is 6.07 Å². The Morgan fingerprint density at radius 1 is 1.00 bits per heavy atom. The van der Waals surface area contributed by atoms with Crippen LogP contribution < -0.4 is 16.0 Å². The zero-order valence-electron chi connectivity index (χ0n) is 19.2. The van der Waals surface area contributed by atoms with Gasteiger partial charge in [0.15, 0.2) is 5.96 Å². The zero-order chi connectivity index (χ0) is 22.4. The first-order valence-electron chi connectivity index (χ1n) is 10.1. The highest BCUT2D eigenvalue weighted by molar-refractivity contribution is 14.0. The van der Waals surface area contributed by atoms with Gasteiger partial charge in [-0.3, -0.25) is 9.79 Å². The Kier molecular flexibility index (Phi) is 9.93. The highest BCUT2D eigenvalue weighted by atomic mass is 127. The van der Waals surface area contributed by atoms with Gasteiger partial charge in [0, 0.05) is 36.7 Å². The Labute approximate surface area is 202 Å². The predicted molar refractivity (Wildman–Crippen MR) is 137 cm³/mol. The van der Waals surface area contributed by atoms with E-state index in [4.69, 9.17) is 0 Å². The van der Waals surface area contributed by atoms with Gasteiger partial charge in [0.25, 0.3) is 5.91 Å². The quantitative estimate of drug-likeness (QED) is 0.285. The van der Waals surface area contributed by atoms with Crippen LogP contribution in [0.3, 0.4) is 0 Å². The van der Waals surface area contributed by atoms with Crippen molar-refractivity contribution in [2.24, 2.45) is 4.99 Å². The van der Waals surface area contributed by atoms with Gasteiger partial charge in [-0.25, -0.2) is 4.39 Å². The second-order valence-corrected chi connectivity index (χ2v) is 9.08. The van der Waals surface area contributed by atoms with E-state index in [1.807, 2.05) is 45.0 Å². The molecule has 170 valence electrons. The Balaban J connectivity index is 0.00000480. The first-order chi connectivity index (χ1) is 14.0. The molecular weight excluding hydrogens is 506 g/mol. The molecule has 0 bridgehead atoms. The monoisotopic (exact) mass is 540 g/mol. The summed E-state index contributed by atoms with van der Waals surface area (Å²) in [5.74, 6) is 0.311. The summed E-state index contributed by atoms with van der Waals surface area (Å²) in [6.45, 7) is 11.1. The van der Waals surface area contributed by atoms with Crippen LogP contribution in [0.5, 0.6) is 0 Å². The molecule has 0 aliphatic rings.